The van der Waals surface area contributed by atoms with Crippen molar-refractivity contribution in [2.45, 2.75) is 13.1 Å². The maximum atomic E-state index is 11.2. The van der Waals surface area contributed by atoms with Gasteiger partial charge in [-0.3, -0.25) is 10.1 Å². The summed E-state index contributed by atoms with van der Waals surface area (Å²) in [6.07, 6.45) is 0. The van der Waals surface area contributed by atoms with Crippen LogP contribution in [0.4, 0.5) is 5.69 Å². The lowest BCUT2D eigenvalue weighted by Gasteiger charge is -2.05. The van der Waals surface area contributed by atoms with E-state index in [9.17, 15) is 10.1 Å². The van der Waals surface area contributed by atoms with Gasteiger partial charge in [0.2, 0.25) is 6.79 Å². The summed E-state index contributed by atoms with van der Waals surface area (Å²) >= 11 is 5.85. The van der Waals surface area contributed by atoms with Crippen LogP contribution in [0.5, 0.6) is 11.5 Å². The van der Waals surface area contributed by atoms with Crippen LogP contribution in [0.25, 0.3) is 11.3 Å². The molecule has 2 heterocycles. The average molecular weight is 387 g/mol. The maximum Gasteiger partial charge on any atom is 0.281 e. The number of furan rings is 1. The Morgan fingerprint density at radius 1 is 1.04 bits per heavy atom. The lowest BCUT2D eigenvalue weighted by Crippen LogP contribution is -2.11. The van der Waals surface area contributed by atoms with Crippen molar-refractivity contribution in [3.8, 4) is 22.8 Å². The summed E-state index contributed by atoms with van der Waals surface area (Å²) in [4.78, 5) is 10.8. The van der Waals surface area contributed by atoms with Gasteiger partial charge in [-0.25, -0.2) is 0 Å². The largest absolute Gasteiger partial charge is 0.459 e. The number of hydrogen-bond donors (Lipinski definition) is 1. The van der Waals surface area contributed by atoms with Crippen LogP contribution < -0.4 is 14.8 Å². The summed E-state index contributed by atoms with van der Waals surface area (Å²) in [5.74, 6) is 2.59. The zero-order valence-electron chi connectivity index (χ0n) is 14.1. The molecule has 1 aromatic heterocycles. The molecule has 1 aliphatic heterocycles. The van der Waals surface area contributed by atoms with Gasteiger partial charge in [-0.05, 0) is 42.0 Å². The number of rotatable bonds is 6. The lowest BCUT2D eigenvalue weighted by molar-refractivity contribution is -0.384. The zero-order valence-corrected chi connectivity index (χ0v) is 14.9. The number of ether oxygens (including phenoxy) is 2. The SMILES string of the molecule is O=[N+]([O-])c1cc(Cl)ccc1-c1ccc(CNCc2ccc3c(c2)OCO3)o1. The van der Waals surface area contributed by atoms with Crippen molar-refractivity contribution in [2.24, 2.45) is 0 Å². The summed E-state index contributed by atoms with van der Waals surface area (Å²) in [6.45, 7) is 1.35. The standard InChI is InChI=1S/C19H15ClN2O5/c20-13-2-4-15(16(8-13)22(23)24)17-6-3-14(27-17)10-21-9-12-1-5-18-19(7-12)26-11-25-18/h1-8,21H,9-11H2. The van der Waals surface area contributed by atoms with Crippen molar-refractivity contribution >= 4 is 17.3 Å². The van der Waals surface area contributed by atoms with Gasteiger partial charge in [0.15, 0.2) is 11.5 Å². The van der Waals surface area contributed by atoms with Crippen LogP contribution in [-0.2, 0) is 13.1 Å². The first-order valence-corrected chi connectivity index (χ1v) is 8.60. The van der Waals surface area contributed by atoms with Gasteiger partial charge >= 0.3 is 0 Å². The minimum atomic E-state index is -0.471. The second kappa shape index (κ2) is 7.30. The van der Waals surface area contributed by atoms with Gasteiger partial charge in [0, 0.05) is 17.6 Å². The van der Waals surface area contributed by atoms with E-state index in [1.165, 1.54) is 6.07 Å². The molecule has 0 aliphatic carbocycles. The molecule has 4 rings (SSSR count). The Labute approximate surface area is 159 Å². The van der Waals surface area contributed by atoms with E-state index in [4.69, 9.17) is 25.5 Å². The van der Waals surface area contributed by atoms with Crippen LogP contribution in [0.2, 0.25) is 5.02 Å². The van der Waals surface area contributed by atoms with E-state index in [2.05, 4.69) is 5.32 Å². The number of nitrogens with zero attached hydrogens (tertiary/aromatic N) is 1. The molecule has 27 heavy (non-hydrogen) atoms. The summed E-state index contributed by atoms with van der Waals surface area (Å²) in [6, 6.07) is 13.8. The molecule has 0 fully saturated rings. The van der Waals surface area contributed by atoms with E-state index in [0.29, 0.717) is 35.2 Å². The molecular formula is C19H15ClN2O5. The van der Waals surface area contributed by atoms with Gasteiger partial charge in [-0.1, -0.05) is 17.7 Å². The lowest BCUT2D eigenvalue weighted by atomic mass is 10.1. The fourth-order valence-corrected chi connectivity index (χ4v) is 3.03. The Balaban J connectivity index is 1.42. The number of nitro benzene ring substituents is 1. The molecule has 0 saturated heterocycles. The van der Waals surface area contributed by atoms with Crippen molar-refractivity contribution in [3.63, 3.8) is 0 Å². The van der Waals surface area contributed by atoms with E-state index in [1.807, 2.05) is 18.2 Å². The molecule has 0 bridgehead atoms. The zero-order chi connectivity index (χ0) is 18.8. The van der Waals surface area contributed by atoms with Gasteiger partial charge in [-0.15, -0.1) is 0 Å². The van der Waals surface area contributed by atoms with Crippen molar-refractivity contribution in [3.05, 3.63) is 75.0 Å². The topological polar surface area (TPSA) is 86.8 Å². The number of halogens is 1. The van der Waals surface area contributed by atoms with E-state index in [0.717, 1.165) is 17.1 Å². The highest BCUT2D eigenvalue weighted by molar-refractivity contribution is 6.30. The first-order chi connectivity index (χ1) is 13.1. The Bertz CT molecular complexity index is 1000. The fourth-order valence-electron chi connectivity index (χ4n) is 2.86. The van der Waals surface area contributed by atoms with Crippen LogP contribution in [0.1, 0.15) is 11.3 Å². The molecule has 0 radical (unpaired) electrons. The summed E-state index contributed by atoms with van der Waals surface area (Å²) in [5.41, 5.74) is 1.36. The molecule has 0 saturated carbocycles. The van der Waals surface area contributed by atoms with Gasteiger partial charge in [0.05, 0.1) is 17.0 Å². The molecule has 0 spiro atoms. The normalized spacial score (nSPS) is 12.3. The minimum Gasteiger partial charge on any atom is -0.459 e. The Morgan fingerprint density at radius 3 is 2.74 bits per heavy atom. The van der Waals surface area contributed by atoms with E-state index < -0.39 is 4.92 Å². The number of nitro groups is 1. The Kier molecular flexibility index (Phi) is 4.70. The Hall–Kier alpha value is -3.03. The van der Waals surface area contributed by atoms with Crippen LogP contribution in [0.3, 0.4) is 0 Å². The third kappa shape index (κ3) is 3.74. The Morgan fingerprint density at radius 2 is 1.89 bits per heavy atom. The third-order valence-electron chi connectivity index (χ3n) is 4.15. The number of fused-ring (bicyclic) bond motifs is 1. The highest BCUT2D eigenvalue weighted by atomic mass is 35.5. The van der Waals surface area contributed by atoms with Crippen molar-refractivity contribution < 1.29 is 18.8 Å². The summed E-state index contributed by atoms with van der Waals surface area (Å²) in [7, 11) is 0. The molecule has 0 atom stereocenters. The number of benzene rings is 2. The summed E-state index contributed by atoms with van der Waals surface area (Å²) in [5, 5.41) is 14.8. The molecule has 0 amide bonds. The minimum absolute atomic E-state index is 0.0864. The monoisotopic (exact) mass is 386 g/mol. The van der Waals surface area contributed by atoms with Crippen LogP contribution >= 0.6 is 11.6 Å². The molecule has 1 aliphatic rings. The molecule has 2 aromatic carbocycles. The van der Waals surface area contributed by atoms with Gasteiger partial charge in [0.1, 0.15) is 11.5 Å². The fraction of sp³-hybridized carbons (Fsp3) is 0.158. The molecule has 8 heteroatoms. The second-order valence-corrected chi connectivity index (χ2v) is 6.41. The predicted octanol–water partition coefficient (Wildman–Crippen LogP) is 4.53. The van der Waals surface area contributed by atoms with E-state index in [1.54, 1.807) is 24.3 Å². The molecule has 7 nitrogen and oxygen atoms in total. The van der Waals surface area contributed by atoms with Crippen LogP contribution in [-0.4, -0.2) is 11.7 Å². The molecule has 3 aromatic rings. The molecular weight excluding hydrogens is 372 g/mol. The first kappa shape index (κ1) is 17.4. The maximum absolute atomic E-state index is 11.2. The highest BCUT2D eigenvalue weighted by Crippen LogP contribution is 2.34. The molecule has 1 N–H and O–H groups in total. The van der Waals surface area contributed by atoms with E-state index >= 15 is 0 Å². The van der Waals surface area contributed by atoms with Crippen molar-refractivity contribution in [1.82, 2.24) is 5.32 Å². The van der Waals surface area contributed by atoms with Crippen molar-refractivity contribution in [1.29, 1.82) is 0 Å². The second-order valence-electron chi connectivity index (χ2n) is 5.98. The van der Waals surface area contributed by atoms with Crippen LogP contribution in [0.15, 0.2) is 52.9 Å². The van der Waals surface area contributed by atoms with Gasteiger partial charge in [0.25, 0.3) is 5.69 Å². The molecule has 0 unspecified atom stereocenters. The number of nitrogens with one attached hydrogen (secondary N) is 1. The quantitative estimate of drug-likeness (QED) is 0.495. The smallest absolute Gasteiger partial charge is 0.281 e. The highest BCUT2D eigenvalue weighted by Gasteiger charge is 2.19. The average Bonchev–Trinajstić information content (AvgIpc) is 3.30. The van der Waals surface area contributed by atoms with E-state index in [-0.39, 0.29) is 12.5 Å². The molecule has 138 valence electrons. The number of hydrogen-bond acceptors (Lipinski definition) is 6. The van der Waals surface area contributed by atoms with Crippen LogP contribution in [0, 0.1) is 10.1 Å². The third-order valence-corrected chi connectivity index (χ3v) is 4.38. The first-order valence-electron chi connectivity index (χ1n) is 8.22. The summed E-state index contributed by atoms with van der Waals surface area (Å²) < 4.78 is 16.4. The van der Waals surface area contributed by atoms with Gasteiger partial charge in [-0.2, -0.15) is 0 Å². The van der Waals surface area contributed by atoms with Crippen molar-refractivity contribution in [2.75, 3.05) is 6.79 Å². The predicted molar refractivity (Wildman–Crippen MR) is 98.9 cm³/mol. The van der Waals surface area contributed by atoms with Gasteiger partial charge < -0.3 is 19.2 Å².